The van der Waals surface area contributed by atoms with Crippen LogP contribution in [0, 0.1) is 0 Å². The van der Waals surface area contributed by atoms with Crippen molar-refractivity contribution in [1.29, 1.82) is 0 Å². The van der Waals surface area contributed by atoms with Crippen LogP contribution in [0.5, 0.6) is 0 Å². The van der Waals surface area contributed by atoms with E-state index in [1.54, 1.807) is 0 Å². The Morgan fingerprint density at radius 1 is 0.923 bits per heavy atom. The molecule has 0 amide bonds. The molecule has 3 heteroatoms. The molecule has 0 fully saturated rings. The minimum atomic E-state index is -0.452. The van der Waals surface area contributed by atoms with Gasteiger partial charge < -0.3 is 4.74 Å². The van der Waals surface area contributed by atoms with E-state index < -0.39 is 11.9 Å². The van der Waals surface area contributed by atoms with Crippen LogP contribution in [-0.2, 0) is 14.3 Å². The number of esters is 2. The Morgan fingerprint density at radius 2 is 1.31 bits per heavy atom. The van der Waals surface area contributed by atoms with Crippen molar-refractivity contribution in [2.24, 2.45) is 0 Å². The number of allylic oxidation sites excluding steroid dienone is 2. The van der Waals surface area contributed by atoms with Crippen molar-refractivity contribution >= 4 is 11.9 Å². The van der Waals surface area contributed by atoms with Crippen molar-refractivity contribution in [3.8, 4) is 0 Å². The first kappa shape index (κ1) is 8.23. The van der Waals surface area contributed by atoms with E-state index in [1.165, 1.54) is 11.1 Å². The molecule has 0 spiro atoms. The summed E-state index contributed by atoms with van der Waals surface area (Å²) in [6, 6.07) is 0. The molecule has 1 aliphatic carbocycles. The van der Waals surface area contributed by atoms with E-state index in [4.69, 9.17) is 0 Å². The second-order valence-corrected chi connectivity index (χ2v) is 3.55. The second kappa shape index (κ2) is 2.55. The average Bonchev–Trinajstić information content (AvgIpc) is 2.31. The van der Waals surface area contributed by atoms with Gasteiger partial charge in [0.25, 0.3) is 0 Å². The zero-order chi connectivity index (χ0) is 9.59. The van der Waals surface area contributed by atoms with Crippen LogP contribution in [0.25, 0.3) is 0 Å². The Kier molecular flexibility index (Phi) is 1.62. The normalized spacial score (nSPS) is 22.3. The number of carbonyl (C=O) groups is 2. The van der Waals surface area contributed by atoms with Gasteiger partial charge >= 0.3 is 11.9 Å². The molecule has 68 valence electrons. The van der Waals surface area contributed by atoms with Crippen LogP contribution >= 0.6 is 0 Å². The van der Waals surface area contributed by atoms with Crippen molar-refractivity contribution in [2.75, 3.05) is 0 Å². The van der Waals surface area contributed by atoms with Crippen LogP contribution in [0.2, 0.25) is 0 Å². The van der Waals surface area contributed by atoms with E-state index in [-0.39, 0.29) is 0 Å². The molecule has 0 radical (unpaired) electrons. The van der Waals surface area contributed by atoms with Gasteiger partial charge in [-0.15, -0.1) is 0 Å². The van der Waals surface area contributed by atoms with Gasteiger partial charge in [-0.05, 0) is 13.8 Å². The summed E-state index contributed by atoms with van der Waals surface area (Å²) in [4.78, 5) is 22.3. The Morgan fingerprint density at radius 3 is 1.69 bits per heavy atom. The summed E-state index contributed by atoms with van der Waals surface area (Å²) in [6.45, 7) is 3.96. The van der Waals surface area contributed by atoms with Crippen LogP contribution in [0.4, 0.5) is 0 Å². The van der Waals surface area contributed by atoms with Crippen LogP contribution in [0.15, 0.2) is 22.3 Å². The second-order valence-electron chi connectivity index (χ2n) is 3.55. The third-order valence-corrected chi connectivity index (χ3v) is 2.65. The van der Waals surface area contributed by atoms with Gasteiger partial charge in [-0.1, -0.05) is 11.1 Å². The van der Waals surface area contributed by atoms with Gasteiger partial charge in [0.1, 0.15) is 0 Å². The lowest BCUT2D eigenvalue weighted by atomic mass is 9.89. The van der Waals surface area contributed by atoms with Crippen molar-refractivity contribution in [2.45, 2.75) is 26.7 Å². The molecule has 0 saturated carbocycles. The van der Waals surface area contributed by atoms with Crippen LogP contribution < -0.4 is 0 Å². The van der Waals surface area contributed by atoms with E-state index in [0.29, 0.717) is 24.0 Å². The third kappa shape index (κ3) is 1.11. The SMILES string of the molecule is CC1=C(C)CC2=C(C1)C(=O)OC2=O. The minimum Gasteiger partial charge on any atom is -0.386 e. The summed E-state index contributed by atoms with van der Waals surface area (Å²) >= 11 is 0. The van der Waals surface area contributed by atoms with Gasteiger partial charge in [0.15, 0.2) is 0 Å². The monoisotopic (exact) mass is 178 g/mol. The molecule has 2 rings (SSSR count). The molecule has 0 saturated heterocycles. The maximum atomic E-state index is 11.1. The lowest BCUT2D eigenvalue weighted by molar-refractivity contribution is -0.151. The van der Waals surface area contributed by atoms with Crippen LogP contribution in [0.3, 0.4) is 0 Å². The lowest BCUT2D eigenvalue weighted by Crippen LogP contribution is -2.04. The molecule has 0 N–H and O–H groups in total. The van der Waals surface area contributed by atoms with Crippen molar-refractivity contribution in [3.05, 3.63) is 22.3 Å². The van der Waals surface area contributed by atoms with E-state index >= 15 is 0 Å². The maximum absolute atomic E-state index is 11.1. The Hall–Kier alpha value is -1.38. The van der Waals surface area contributed by atoms with Crippen LogP contribution in [0.1, 0.15) is 26.7 Å². The number of cyclic esters (lactones) is 2. The zero-order valence-electron chi connectivity index (χ0n) is 7.64. The molecule has 2 aliphatic rings. The molecule has 0 aromatic rings. The molecular formula is C10H10O3. The predicted octanol–water partition coefficient (Wildman–Crippen LogP) is 1.50. The highest BCUT2D eigenvalue weighted by Crippen LogP contribution is 2.34. The minimum absolute atomic E-state index is 0.452. The summed E-state index contributed by atoms with van der Waals surface area (Å²) < 4.78 is 4.53. The predicted molar refractivity (Wildman–Crippen MR) is 45.7 cm³/mol. The average molecular weight is 178 g/mol. The smallest absolute Gasteiger partial charge is 0.342 e. The number of rotatable bonds is 0. The molecule has 13 heavy (non-hydrogen) atoms. The van der Waals surface area contributed by atoms with Gasteiger partial charge in [0.05, 0.1) is 11.1 Å². The number of hydrogen-bond donors (Lipinski definition) is 0. The van der Waals surface area contributed by atoms with Crippen molar-refractivity contribution < 1.29 is 14.3 Å². The topological polar surface area (TPSA) is 43.4 Å². The van der Waals surface area contributed by atoms with Gasteiger partial charge in [0, 0.05) is 12.8 Å². The molecule has 0 bridgehead atoms. The van der Waals surface area contributed by atoms with Crippen molar-refractivity contribution in [3.63, 3.8) is 0 Å². The highest BCUT2D eigenvalue weighted by atomic mass is 16.6. The van der Waals surface area contributed by atoms with Gasteiger partial charge in [-0.2, -0.15) is 0 Å². The highest BCUT2D eigenvalue weighted by molar-refractivity contribution is 6.13. The first-order valence-corrected chi connectivity index (χ1v) is 4.23. The fraction of sp³-hybridized carbons (Fsp3) is 0.400. The zero-order valence-corrected chi connectivity index (χ0v) is 7.64. The molecule has 3 nitrogen and oxygen atoms in total. The first-order chi connectivity index (χ1) is 6.09. The summed E-state index contributed by atoms with van der Waals surface area (Å²) in [6.07, 6.45) is 1.15. The Labute approximate surface area is 76.1 Å². The fourth-order valence-corrected chi connectivity index (χ4v) is 1.64. The van der Waals surface area contributed by atoms with Gasteiger partial charge in [-0.3, -0.25) is 0 Å². The molecule has 0 aromatic heterocycles. The molecule has 1 aliphatic heterocycles. The summed E-state index contributed by atoms with van der Waals surface area (Å²) in [5, 5.41) is 0. The molecule has 0 aromatic carbocycles. The van der Waals surface area contributed by atoms with Crippen LogP contribution in [-0.4, -0.2) is 11.9 Å². The quantitative estimate of drug-likeness (QED) is 0.320. The third-order valence-electron chi connectivity index (χ3n) is 2.65. The Balaban J connectivity index is 2.40. The maximum Gasteiger partial charge on any atom is 0.342 e. The lowest BCUT2D eigenvalue weighted by Gasteiger charge is -2.13. The highest BCUT2D eigenvalue weighted by Gasteiger charge is 2.35. The van der Waals surface area contributed by atoms with Crippen molar-refractivity contribution in [1.82, 2.24) is 0 Å². The fourth-order valence-electron chi connectivity index (χ4n) is 1.64. The molecule has 0 atom stereocenters. The van der Waals surface area contributed by atoms with Gasteiger partial charge in [-0.25, -0.2) is 9.59 Å². The van der Waals surface area contributed by atoms with E-state index in [9.17, 15) is 9.59 Å². The first-order valence-electron chi connectivity index (χ1n) is 4.23. The molecule has 1 heterocycles. The number of hydrogen-bond acceptors (Lipinski definition) is 3. The standard InChI is InChI=1S/C10H10O3/c1-5-3-7-8(4-6(5)2)10(12)13-9(7)11/h3-4H2,1-2H3. The number of carbonyl (C=O) groups excluding carboxylic acids is 2. The Bertz CT molecular complexity index is 338. The summed E-state index contributed by atoms with van der Waals surface area (Å²) in [5.41, 5.74) is 3.47. The van der Waals surface area contributed by atoms with E-state index in [0.717, 1.165) is 0 Å². The van der Waals surface area contributed by atoms with Gasteiger partial charge in [0.2, 0.25) is 0 Å². The molecule has 0 unspecified atom stereocenters. The summed E-state index contributed by atoms with van der Waals surface area (Å²) in [5.74, 6) is -0.904. The summed E-state index contributed by atoms with van der Waals surface area (Å²) in [7, 11) is 0. The van der Waals surface area contributed by atoms with E-state index in [1.807, 2.05) is 13.8 Å². The van der Waals surface area contributed by atoms with E-state index in [2.05, 4.69) is 4.74 Å². The number of ether oxygens (including phenoxy) is 1. The molecular weight excluding hydrogens is 168 g/mol. The largest absolute Gasteiger partial charge is 0.386 e.